The minimum Gasteiger partial charge on any atom is -0.506 e. The number of hydrogen-bond donors (Lipinski definition) is 1. The van der Waals surface area contributed by atoms with E-state index in [0.29, 0.717) is 22.9 Å². The first-order chi connectivity index (χ1) is 13.4. The van der Waals surface area contributed by atoms with Crippen molar-refractivity contribution in [3.63, 3.8) is 0 Å². The van der Waals surface area contributed by atoms with Gasteiger partial charge in [-0.25, -0.2) is 4.79 Å². The van der Waals surface area contributed by atoms with Crippen molar-refractivity contribution in [2.75, 3.05) is 6.61 Å². The molecule has 0 fully saturated rings. The maximum absolute atomic E-state index is 12.0. The second kappa shape index (κ2) is 8.31. The van der Waals surface area contributed by atoms with E-state index in [4.69, 9.17) is 16.3 Å². The third kappa shape index (κ3) is 4.10. The van der Waals surface area contributed by atoms with Gasteiger partial charge in [-0.15, -0.1) is 0 Å². The average Bonchev–Trinajstić information content (AvgIpc) is 2.95. The molecule has 1 N–H and O–H groups in total. The van der Waals surface area contributed by atoms with Crippen LogP contribution in [0.2, 0.25) is 5.02 Å². The van der Waals surface area contributed by atoms with E-state index in [1.807, 2.05) is 42.7 Å². The van der Waals surface area contributed by atoms with E-state index in [1.165, 1.54) is 6.07 Å². The summed E-state index contributed by atoms with van der Waals surface area (Å²) >= 11 is 5.86. The van der Waals surface area contributed by atoms with Crippen LogP contribution in [0.4, 0.5) is 5.69 Å². The summed E-state index contributed by atoms with van der Waals surface area (Å²) < 4.78 is 7.14. The summed E-state index contributed by atoms with van der Waals surface area (Å²) in [6, 6.07) is 14.1. The fourth-order valence-electron chi connectivity index (χ4n) is 3.05. The normalized spacial score (nSPS) is 11.1. The fourth-order valence-corrected chi connectivity index (χ4v) is 3.21. The van der Waals surface area contributed by atoms with E-state index in [9.17, 15) is 9.90 Å². The van der Waals surface area contributed by atoms with Crippen LogP contribution in [0.5, 0.6) is 5.75 Å². The maximum Gasteiger partial charge on any atom is 0.338 e. The molecule has 0 spiro atoms. The zero-order chi connectivity index (χ0) is 20.3. The molecule has 0 unspecified atom stereocenters. The molecule has 3 rings (SSSR count). The van der Waals surface area contributed by atoms with Crippen molar-refractivity contribution in [3.8, 4) is 11.4 Å². The topological polar surface area (TPSA) is 63.8 Å². The van der Waals surface area contributed by atoms with Gasteiger partial charge in [-0.2, -0.15) is 0 Å². The van der Waals surface area contributed by atoms with E-state index in [2.05, 4.69) is 4.99 Å². The Balaban J connectivity index is 1.95. The highest BCUT2D eigenvalue weighted by Gasteiger charge is 2.12. The molecule has 0 aliphatic heterocycles. The van der Waals surface area contributed by atoms with Gasteiger partial charge in [0, 0.05) is 39.9 Å². The largest absolute Gasteiger partial charge is 0.506 e. The molecule has 0 amide bonds. The molecule has 6 heteroatoms. The molecule has 0 bridgehead atoms. The molecule has 0 aliphatic carbocycles. The number of halogens is 1. The number of nitrogens with zero attached hydrogens (tertiary/aromatic N) is 2. The summed E-state index contributed by atoms with van der Waals surface area (Å²) in [5.74, 6) is -0.313. The first kappa shape index (κ1) is 19.7. The van der Waals surface area contributed by atoms with Crippen LogP contribution in [0.25, 0.3) is 5.69 Å². The zero-order valence-corrected chi connectivity index (χ0v) is 16.7. The fraction of sp³-hybridized carbons (Fsp3) is 0.182. The van der Waals surface area contributed by atoms with E-state index < -0.39 is 0 Å². The highest BCUT2D eigenvalue weighted by Crippen LogP contribution is 2.29. The molecule has 144 valence electrons. The number of rotatable bonds is 5. The summed E-state index contributed by atoms with van der Waals surface area (Å²) in [6.07, 6.45) is 1.71. The predicted molar refractivity (Wildman–Crippen MR) is 112 cm³/mol. The van der Waals surface area contributed by atoms with Gasteiger partial charge in [-0.1, -0.05) is 17.7 Å². The van der Waals surface area contributed by atoms with Gasteiger partial charge in [0.1, 0.15) is 11.4 Å². The quantitative estimate of drug-likeness (QED) is 0.465. The highest BCUT2D eigenvalue weighted by atomic mass is 35.5. The van der Waals surface area contributed by atoms with Gasteiger partial charge >= 0.3 is 5.97 Å². The molecule has 3 aromatic rings. The molecule has 1 aromatic heterocycles. The number of aromatic hydroxyl groups is 1. The Morgan fingerprint density at radius 3 is 2.71 bits per heavy atom. The molecule has 5 nitrogen and oxygen atoms in total. The lowest BCUT2D eigenvalue weighted by Crippen LogP contribution is -2.06. The van der Waals surface area contributed by atoms with Crippen molar-refractivity contribution in [1.29, 1.82) is 0 Å². The Hall–Kier alpha value is -3.05. The smallest absolute Gasteiger partial charge is 0.338 e. The summed E-state index contributed by atoms with van der Waals surface area (Å²) in [7, 11) is 0. The van der Waals surface area contributed by atoms with Crippen molar-refractivity contribution < 1.29 is 14.6 Å². The number of benzene rings is 2. The SMILES string of the molecule is CCOC(=O)c1cccc(-n2c(C)cc(C=Nc3ccc(Cl)cc3O)c2C)c1. The van der Waals surface area contributed by atoms with Crippen molar-refractivity contribution in [2.45, 2.75) is 20.8 Å². The van der Waals surface area contributed by atoms with Crippen LogP contribution < -0.4 is 0 Å². The molecule has 0 saturated carbocycles. The van der Waals surface area contributed by atoms with Gasteiger partial charge < -0.3 is 14.4 Å². The minimum atomic E-state index is -0.341. The summed E-state index contributed by atoms with van der Waals surface area (Å²) in [4.78, 5) is 16.4. The number of carbonyl (C=O) groups excluding carboxylic acids is 1. The minimum absolute atomic E-state index is 0.0275. The standard InChI is InChI=1S/C22H21ClN2O3/c1-4-28-22(27)16-6-5-7-19(11-16)25-14(2)10-17(15(25)3)13-24-20-9-8-18(23)12-21(20)26/h5-13,26H,4H2,1-3H3. The molecule has 0 aliphatic rings. The average molecular weight is 397 g/mol. The van der Waals surface area contributed by atoms with Crippen LogP contribution in [0, 0.1) is 13.8 Å². The highest BCUT2D eigenvalue weighted by molar-refractivity contribution is 6.30. The van der Waals surface area contributed by atoms with Crippen molar-refractivity contribution in [1.82, 2.24) is 4.57 Å². The number of carbonyl (C=O) groups is 1. The Morgan fingerprint density at radius 2 is 2.00 bits per heavy atom. The molecule has 0 radical (unpaired) electrons. The number of hydrogen-bond acceptors (Lipinski definition) is 4. The summed E-state index contributed by atoms with van der Waals surface area (Å²) in [5, 5.41) is 10.4. The lowest BCUT2D eigenvalue weighted by Gasteiger charge is -2.11. The van der Waals surface area contributed by atoms with Crippen LogP contribution in [0.3, 0.4) is 0 Å². The number of aryl methyl sites for hydroxylation is 1. The first-order valence-electron chi connectivity index (χ1n) is 8.89. The Bertz CT molecular complexity index is 1050. The molecule has 0 saturated heterocycles. The van der Waals surface area contributed by atoms with Crippen molar-refractivity contribution in [2.24, 2.45) is 4.99 Å². The van der Waals surface area contributed by atoms with E-state index >= 15 is 0 Å². The van der Waals surface area contributed by atoms with Crippen molar-refractivity contribution >= 4 is 29.5 Å². The molecular weight excluding hydrogens is 376 g/mol. The Morgan fingerprint density at radius 1 is 1.21 bits per heavy atom. The summed E-state index contributed by atoms with van der Waals surface area (Å²) in [5.41, 5.74) is 4.70. The number of aliphatic imine (C=N–C) groups is 1. The van der Waals surface area contributed by atoms with E-state index in [1.54, 1.807) is 31.3 Å². The van der Waals surface area contributed by atoms with Crippen LogP contribution in [-0.2, 0) is 4.74 Å². The zero-order valence-electron chi connectivity index (χ0n) is 15.9. The number of phenolic OH excluding ortho intramolecular Hbond substituents is 1. The van der Waals surface area contributed by atoms with Gasteiger partial charge in [0.2, 0.25) is 0 Å². The maximum atomic E-state index is 12.0. The number of aromatic nitrogens is 1. The second-order valence-electron chi connectivity index (χ2n) is 6.32. The van der Waals surface area contributed by atoms with Gasteiger partial charge in [0.15, 0.2) is 0 Å². The van der Waals surface area contributed by atoms with E-state index in [0.717, 1.165) is 22.6 Å². The third-order valence-electron chi connectivity index (χ3n) is 4.37. The Kier molecular flexibility index (Phi) is 5.85. The van der Waals surface area contributed by atoms with Gasteiger partial charge in [-0.3, -0.25) is 4.99 Å². The van der Waals surface area contributed by atoms with Crippen LogP contribution in [0.1, 0.15) is 34.2 Å². The Labute approximate surface area is 168 Å². The second-order valence-corrected chi connectivity index (χ2v) is 6.76. The third-order valence-corrected chi connectivity index (χ3v) is 4.60. The summed E-state index contributed by atoms with van der Waals surface area (Å²) in [6.45, 7) is 6.09. The van der Waals surface area contributed by atoms with Gasteiger partial charge in [-0.05, 0) is 57.2 Å². The van der Waals surface area contributed by atoms with Crippen LogP contribution in [0.15, 0.2) is 53.5 Å². The number of ether oxygens (including phenoxy) is 1. The molecule has 2 aromatic carbocycles. The lowest BCUT2D eigenvalue weighted by atomic mass is 10.2. The lowest BCUT2D eigenvalue weighted by molar-refractivity contribution is 0.0526. The molecule has 1 heterocycles. The van der Waals surface area contributed by atoms with Crippen LogP contribution in [-0.4, -0.2) is 28.5 Å². The van der Waals surface area contributed by atoms with E-state index in [-0.39, 0.29) is 11.7 Å². The predicted octanol–water partition coefficient (Wildman–Crippen LogP) is 5.38. The van der Waals surface area contributed by atoms with Crippen LogP contribution >= 0.6 is 11.6 Å². The molecule has 28 heavy (non-hydrogen) atoms. The van der Waals surface area contributed by atoms with Gasteiger partial charge in [0.25, 0.3) is 0 Å². The number of phenols is 1. The number of esters is 1. The molecular formula is C22H21ClN2O3. The monoisotopic (exact) mass is 396 g/mol. The van der Waals surface area contributed by atoms with Gasteiger partial charge in [0.05, 0.1) is 12.2 Å². The first-order valence-corrected chi connectivity index (χ1v) is 9.27. The van der Waals surface area contributed by atoms with Crippen molar-refractivity contribution in [3.05, 3.63) is 76.1 Å². The molecule has 0 atom stereocenters.